The van der Waals surface area contributed by atoms with Gasteiger partial charge in [-0.15, -0.1) is 11.3 Å². The molecule has 0 fully saturated rings. The van der Waals surface area contributed by atoms with Gasteiger partial charge < -0.3 is 5.73 Å². The van der Waals surface area contributed by atoms with Crippen molar-refractivity contribution in [3.05, 3.63) is 34.2 Å². The maximum absolute atomic E-state index is 5.81. The minimum Gasteiger partial charge on any atom is -0.326 e. The van der Waals surface area contributed by atoms with E-state index in [0.717, 1.165) is 0 Å². The van der Waals surface area contributed by atoms with Crippen LogP contribution in [0.25, 0.3) is 10.1 Å². The molecular formula is C13H17NS. The van der Waals surface area contributed by atoms with Crippen molar-refractivity contribution in [2.75, 3.05) is 0 Å². The number of fused-ring (bicyclic) bond motifs is 1. The van der Waals surface area contributed by atoms with Crippen LogP contribution >= 0.6 is 11.3 Å². The van der Waals surface area contributed by atoms with Crippen molar-refractivity contribution in [1.82, 2.24) is 0 Å². The Balaban J connectivity index is 2.80. The lowest BCUT2D eigenvalue weighted by Crippen LogP contribution is -1.98. The van der Waals surface area contributed by atoms with Gasteiger partial charge in [0.1, 0.15) is 0 Å². The summed E-state index contributed by atoms with van der Waals surface area (Å²) in [4.78, 5) is 1.34. The highest BCUT2D eigenvalue weighted by molar-refractivity contribution is 7.19. The molecule has 0 saturated carbocycles. The molecule has 1 aromatic carbocycles. The van der Waals surface area contributed by atoms with Gasteiger partial charge in [0.15, 0.2) is 0 Å². The molecule has 0 amide bonds. The molecule has 0 bridgehead atoms. The summed E-state index contributed by atoms with van der Waals surface area (Å²) in [5, 5.41) is 1.40. The maximum atomic E-state index is 5.81. The molecule has 0 radical (unpaired) electrons. The summed E-state index contributed by atoms with van der Waals surface area (Å²) in [5.41, 5.74) is 8.62. The zero-order valence-electron chi connectivity index (χ0n) is 9.50. The fourth-order valence-corrected chi connectivity index (χ4v) is 3.42. The fourth-order valence-electron chi connectivity index (χ4n) is 2.11. The predicted octanol–water partition coefficient (Wildman–Crippen LogP) is 3.79. The van der Waals surface area contributed by atoms with Crippen LogP contribution in [0.15, 0.2) is 18.2 Å². The van der Waals surface area contributed by atoms with E-state index in [9.17, 15) is 0 Å². The lowest BCUT2D eigenvalue weighted by Gasteiger charge is -2.06. The van der Waals surface area contributed by atoms with Crippen molar-refractivity contribution in [3.8, 4) is 0 Å². The van der Waals surface area contributed by atoms with Crippen LogP contribution in [-0.2, 0) is 6.54 Å². The third kappa shape index (κ3) is 1.68. The molecule has 0 unspecified atom stereocenters. The van der Waals surface area contributed by atoms with Crippen LogP contribution in [0.4, 0.5) is 0 Å². The summed E-state index contributed by atoms with van der Waals surface area (Å²) in [6.07, 6.45) is 0. The number of hydrogen-bond donors (Lipinski definition) is 1. The van der Waals surface area contributed by atoms with Gasteiger partial charge in [-0.2, -0.15) is 0 Å². The molecule has 2 rings (SSSR count). The third-order valence-corrected chi connectivity index (χ3v) is 4.17. The Morgan fingerprint density at radius 2 is 2.07 bits per heavy atom. The molecule has 0 aliphatic rings. The molecule has 15 heavy (non-hydrogen) atoms. The largest absolute Gasteiger partial charge is 0.326 e. The average molecular weight is 219 g/mol. The SMILES string of the molecule is Cc1cccc2c(C(C)C)c(CN)sc12. The number of hydrogen-bond acceptors (Lipinski definition) is 2. The second-order valence-corrected chi connectivity index (χ2v) is 5.35. The van der Waals surface area contributed by atoms with Crippen molar-refractivity contribution in [1.29, 1.82) is 0 Å². The zero-order chi connectivity index (χ0) is 11.0. The van der Waals surface area contributed by atoms with E-state index < -0.39 is 0 Å². The quantitative estimate of drug-likeness (QED) is 0.817. The van der Waals surface area contributed by atoms with Crippen LogP contribution in [0.2, 0.25) is 0 Å². The predicted molar refractivity (Wildman–Crippen MR) is 68.5 cm³/mol. The number of thiophene rings is 1. The average Bonchev–Trinajstić information content (AvgIpc) is 2.57. The van der Waals surface area contributed by atoms with Crippen molar-refractivity contribution in [2.45, 2.75) is 33.2 Å². The summed E-state index contributed by atoms with van der Waals surface area (Å²) in [5.74, 6) is 0.555. The summed E-state index contributed by atoms with van der Waals surface area (Å²) >= 11 is 1.85. The molecule has 1 heterocycles. The Labute approximate surface area is 94.9 Å². The van der Waals surface area contributed by atoms with Gasteiger partial charge in [0, 0.05) is 16.1 Å². The first-order chi connectivity index (χ1) is 7.15. The van der Waals surface area contributed by atoms with Gasteiger partial charge >= 0.3 is 0 Å². The number of aryl methyl sites for hydroxylation is 1. The van der Waals surface area contributed by atoms with E-state index in [1.807, 2.05) is 11.3 Å². The van der Waals surface area contributed by atoms with Crippen LogP contribution in [-0.4, -0.2) is 0 Å². The maximum Gasteiger partial charge on any atom is 0.0378 e. The minimum atomic E-state index is 0.555. The van der Waals surface area contributed by atoms with Crippen molar-refractivity contribution in [3.63, 3.8) is 0 Å². The highest BCUT2D eigenvalue weighted by Crippen LogP contribution is 2.37. The zero-order valence-corrected chi connectivity index (χ0v) is 10.3. The summed E-state index contributed by atoms with van der Waals surface area (Å²) < 4.78 is 1.40. The Morgan fingerprint density at radius 1 is 1.33 bits per heavy atom. The number of rotatable bonds is 2. The van der Waals surface area contributed by atoms with Gasteiger partial charge in [0.25, 0.3) is 0 Å². The normalized spacial score (nSPS) is 11.5. The van der Waals surface area contributed by atoms with Crippen LogP contribution in [0.3, 0.4) is 0 Å². The number of nitrogens with two attached hydrogens (primary N) is 1. The molecular weight excluding hydrogens is 202 g/mol. The molecule has 80 valence electrons. The molecule has 0 aliphatic heterocycles. The lowest BCUT2D eigenvalue weighted by atomic mass is 9.98. The van der Waals surface area contributed by atoms with Gasteiger partial charge in [0.05, 0.1) is 0 Å². The summed E-state index contributed by atoms with van der Waals surface area (Å²) in [6.45, 7) is 7.31. The molecule has 0 atom stereocenters. The van der Waals surface area contributed by atoms with Gasteiger partial charge in [-0.05, 0) is 29.4 Å². The second-order valence-electron chi connectivity index (χ2n) is 4.25. The first kappa shape index (κ1) is 10.7. The lowest BCUT2D eigenvalue weighted by molar-refractivity contribution is 0.860. The van der Waals surface area contributed by atoms with E-state index in [2.05, 4.69) is 39.0 Å². The molecule has 0 aliphatic carbocycles. The third-order valence-electron chi connectivity index (χ3n) is 2.79. The first-order valence-electron chi connectivity index (χ1n) is 5.36. The van der Waals surface area contributed by atoms with Crippen molar-refractivity contribution in [2.24, 2.45) is 5.73 Å². The molecule has 0 spiro atoms. The Hall–Kier alpha value is -0.860. The molecule has 2 aromatic rings. The van der Waals surface area contributed by atoms with E-state index in [1.165, 1.54) is 26.1 Å². The number of benzene rings is 1. The van der Waals surface area contributed by atoms with Gasteiger partial charge in [-0.25, -0.2) is 0 Å². The summed E-state index contributed by atoms with van der Waals surface area (Å²) in [6, 6.07) is 6.52. The van der Waals surface area contributed by atoms with Crippen molar-refractivity contribution >= 4 is 21.4 Å². The van der Waals surface area contributed by atoms with Crippen LogP contribution in [0.5, 0.6) is 0 Å². The first-order valence-corrected chi connectivity index (χ1v) is 6.17. The fraction of sp³-hybridized carbons (Fsp3) is 0.385. The van der Waals surface area contributed by atoms with Crippen LogP contribution in [0, 0.1) is 6.92 Å². The van der Waals surface area contributed by atoms with E-state index in [0.29, 0.717) is 12.5 Å². The highest BCUT2D eigenvalue weighted by Gasteiger charge is 2.14. The highest BCUT2D eigenvalue weighted by atomic mass is 32.1. The van der Waals surface area contributed by atoms with Gasteiger partial charge in [0.2, 0.25) is 0 Å². The van der Waals surface area contributed by atoms with Gasteiger partial charge in [-0.3, -0.25) is 0 Å². The minimum absolute atomic E-state index is 0.555. The Bertz CT molecular complexity index is 482. The van der Waals surface area contributed by atoms with E-state index in [1.54, 1.807) is 0 Å². The topological polar surface area (TPSA) is 26.0 Å². The molecule has 0 saturated heterocycles. The Morgan fingerprint density at radius 3 is 2.67 bits per heavy atom. The van der Waals surface area contributed by atoms with Crippen LogP contribution in [0.1, 0.15) is 35.8 Å². The standard InChI is InChI=1S/C13H17NS/c1-8(2)12-10-6-4-5-9(3)13(10)15-11(12)7-14/h4-6,8H,7,14H2,1-3H3. The molecule has 1 nitrogen and oxygen atoms in total. The Kier molecular flexibility index (Phi) is 2.81. The molecule has 2 N–H and O–H groups in total. The second kappa shape index (κ2) is 3.95. The van der Waals surface area contributed by atoms with Gasteiger partial charge in [-0.1, -0.05) is 32.0 Å². The van der Waals surface area contributed by atoms with E-state index in [-0.39, 0.29) is 0 Å². The molecule has 1 aromatic heterocycles. The van der Waals surface area contributed by atoms with E-state index >= 15 is 0 Å². The monoisotopic (exact) mass is 219 g/mol. The molecule has 2 heteroatoms. The van der Waals surface area contributed by atoms with Crippen LogP contribution < -0.4 is 5.73 Å². The van der Waals surface area contributed by atoms with E-state index in [4.69, 9.17) is 5.73 Å². The summed E-state index contributed by atoms with van der Waals surface area (Å²) in [7, 11) is 0. The smallest absolute Gasteiger partial charge is 0.0378 e. The van der Waals surface area contributed by atoms with Crippen molar-refractivity contribution < 1.29 is 0 Å².